The maximum atomic E-state index is 5.53. The minimum atomic E-state index is 0.348. The van der Waals surface area contributed by atoms with Gasteiger partial charge in [-0.25, -0.2) is 0 Å². The van der Waals surface area contributed by atoms with Gasteiger partial charge in [0, 0.05) is 10.4 Å². The van der Waals surface area contributed by atoms with E-state index in [-0.39, 0.29) is 0 Å². The normalized spacial score (nSPS) is 10.2. The second-order valence-corrected chi connectivity index (χ2v) is 3.89. The summed E-state index contributed by atoms with van der Waals surface area (Å²) in [7, 11) is 0. The van der Waals surface area contributed by atoms with Gasteiger partial charge in [-0.1, -0.05) is 18.3 Å². The average Bonchev–Trinajstić information content (AvgIpc) is 2.74. The van der Waals surface area contributed by atoms with Crippen LogP contribution < -0.4 is 5.73 Å². The zero-order valence-electron chi connectivity index (χ0n) is 6.65. The largest absolute Gasteiger partial charge is 0.388 e. The summed E-state index contributed by atoms with van der Waals surface area (Å²) in [6.07, 6.45) is 1.74. The molecule has 2 rings (SSSR count). The molecule has 0 unspecified atom stereocenters. The lowest BCUT2D eigenvalue weighted by atomic mass is 10.2. The number of H-pyrrole nitrogens is 1. The van der Waals surface area contributed by atoms with E-state index in [2.05, 4.69) is 10.2 Å². The lowest BCUT2D eigenvalue weighted by Gasteiger charge is -1.96. The van der Waals surface area contributed by atoms with Crippen LogP contribution in [0.3, 0.4) is 0 Å². The summed E-state index contributed by atoms with van der Waals surface area (Å²) in [4.78, 5) is 1.47. The number of rotatable bonds is 2. The molecule has 0 atom stereocenters. The van der Waals surface area contributed by atoms with Gasteiger partial charge >= 0.3 is 0 Å². The summed E-state index contributed by atoms with van der Waals surface area (Å²) in [5, 5.41) is 8.70. The number of aromatic amines is 1. The summed E-state index contributed by atoms with van der Waals surface area (Å²) in [5.41, 5.74) is 7.24. The first-order valence-corrected chi connectivity index (χ1v) is 4.95. The lowest BCUT2D eigenvalue weighted by Crippen LogP contribution is -2.10. The molecule has 2 aromatic rings. The van der Waals surface area contributed by atoms with Gasteiger partial charge in [-0.2, -0.15) is 5.10 Å². The van der Waals surface area contributed by atoms with Crippen molar-refractivity contribution >= 4 is 28.5 Å². The Hall–Kier alpha value is -1.20. The predicted molar refractivity (Wildman–Crippen MR) is 57.8 cm³/mol. The molecular weight excluding hydrogens is 202 g/mol. The van der Waals surface area contributed by atoms with Crippen molar-refractivity contribution in [3.05, 3.63) is 29.4 Å². The van der Waals surface area contributed by atoms with Crippen molar-refractivity contribution in [2.75, 3.05) is 0 Å². The maximum absolute atomic E-state index is 5.53. The fourth-order valence-electron chi connectivity index (χ4n) is 1.09. The van der Waals surface area contributed by atoms with Crippen molar-refractivity contribution in [3.8, 4) is 10.4 Å². The number of thiophene rings is 1. The summed E-state index contributed by atoms with van der Waals surface area (Å²) >= 11 is 6.53. The highest BCUT2D eigenvalue weighted by atomic mass is 32.1. The second-order valence-electron chi connectivity index (χ2n) is 2.50. The van der Waals surface area contributed by atoms with Crippen LogP contribution in [0.25, 0.3) is 10.4 Å². The molecule has 2 heterocycles. The molecule has 0 saturated heterocycles. The highest BCUT2D eigenvalue weighted by molar-refractivity contribution is 7.80. The number of nitrogens with one attached hydrogen (secondary N) is 1. The molecule has 5 heteroatoms. The molecule has 0 radical (unpaired) electrons. The Balaban J connectivity index is 2.52. The Kier molecular flexibility index (Phi) is 2.12. The van der Waals surface area contributed by atoms with Gasteiger partial charge in [-0.05, 0) is 11.4 Å². The van der Waals surface area contributed by atoms with Crippen LogP contribution >= 0.6 is 23.6 Å². The molecule has 0 saturated carbocycles. The Morgan fingerprint density at radius 1 is 1.62 bits per heavy atom. The molecule has 0 aliphatic rings. The molecule has 13 heavy (non-hydrogen) atoms. The van der Waals surface area contributed by atoms with Crippen LogP contribution in [0, 0.1) is 0 Å². The molecule has 3 N–H and O–H groups in total. The zero-order valence-corrected chi connectivity index (χ0v) is 8.28. The van der Waals surface area contributed by atoms with Gasteiger partial charge in [0.25, 0.3) is 0 Å². The Bertz CT molecular complexity index is 416. The molecule has 0 aromatic carbocycles. The third-order valence-corrected chi connectivity index (χ3v) is 2.78. The van der Waals surface area contributed by atoms with Crippen molar-refractivity contribution < 1.29 is 0 Å². The summed E-state index contributed by atoms with van der Waals surface area (Å²) in [6, 6.07) is 3.99. The SMILES string of the molecule is NC(=S)c1[nH]ncc1-c1cccs1. The van der Waals surface area contributed by atoms with Crippen LogP contribution in [-0.2, 0) is 0 Å². The summed E-state index contributed by atoms with van der Waals surface area (Å²) < 4.78 is 0. The summed E-state index contributed by atoms with van der Waals surface area (Å²) in [5.74, 6) is 0. The van der Waals surface area contributed by atoms with E-state index in [1.807, 2.05) is 17.5 Å². The van der Waals surface area contributed by atoms with Crippen LogP contribution in [0.4, 0.5) is 0 Å². The van der Waals surface area contributed by atoms with Crippen LogP contribution in [0.5, 0.6) is 0 Å². The Morgan fingerprint density at radius 3 is 3.08 bits per heavy atom. The monoisotopic (exact) mass is 209 g/mol. The molecule has 0 fully saturated rings. The predicted octanol–water partition coefficient (Wildman–Crippen LogP) is 1.77. The van der Waals surface area contributed by atoms with E-state index < -0.39 is 0 Å². The van der Waals surface area contributed by atoms with Gasteiger partial charge in [-0.3, -0.25) is 5.10 Å². The van der Waals surface area contributed by atoms with Crippen LogP contribution in [0.2, 0.25) is 0 Å². The van der Waals surface area contributed by atoms with E-state index in [0.717, 1.165) is 16.1 Å². The Morgan fingerprint density at radius 2 is 2.46 bits per heavy atom. The average molecular weight is 209 g/mol. The van der Waals surface area contributed by atoms with Gasteiger partial charge < -0.3 is 5.73 Å². The highest BCUT2D eigenvalue weighted by Gasteiger charge is 2.09. The lowest BCUT2D eigenvalue weighted by molar-refractivity contribution is 1.08. The van der Waals surface area contributed by atoms with Crippen molar-refractivity contribution in [2.24, 2.45) is 5.73 Å². The molecule has 2 aromatic heterocycles. The topological polar surface area (TPSA) is 54.7 Å². The fraction of sp³-hybridized carbons (Fsp3) is 0. The first-order valence-electron chi connectivity index (χ1n) is 3.66. The maximum Gasteiger partial charge on any atom is 0.122 e. The van der Waals surface area contributed by atoms with E-state index in [1.54, 1.807) is 17.5 Å². The number of thiocarbonyl (C=S) groups is 1. The fourth-order valence-corrected chi connectivity index (χ4v) is 1.99. The molecule has 0 amide bonds. The van der Waals surface area contributed by atoms with Crippen molar-refractivity contribution in [1.29, 1.82) is 0 Å². The standard InChI is InChI=1S/C8H7N3S2/c9-8(12)7-5(4-10-11-7)6-2-1-3-13-6/h1-4H,(H2,9,12)(H,10,11). The third kappa shape index (κ3) is 1.48. The minimum Gasteiger partial charge on any atom is -0.388 e. The molecule has 0 aliphatic carbocycles. The van der Waals surface area contributed by atoms with E-state index in [0.29, 0.717) is 4.99 Å². The molecule has 66 valence electrons. The van der Waals surface area contributed by atoms with Crippen LogP contribution in [0.15, 0.2) is 23.7 Å². The van der Waals surface area contributed by atoms with Crippen LogP contribution in [-0.4, -0.2) is 15.2 Å². The molecule has 0 bridgehead atoms. The summed E-state index contributed by atoms with van der Waals surface area (Å²) in [6.45, 7) is 0. The number of hydrogen-bond donors (Lipinski definition) is 2. The van der Waals surface area contributed by atoms with E-state index in [1.165, 1.54) is 0 Å². The third-order valence-electron chi connectivity index (χ3n) is 1.67. The van der Waals surface area contributed by atoms with Crippen LogP contribution in [0.1, 0.15) is 5.69 Å². The Labute approximate surface area is 84.6 Å². The number of aromatic nitrogens is 2. The first-order chi connectivity index (χ1) is 6.29. The number of hydrogen-bond acceptors (Lipinski definition) is 3. The van der Waals surface area contributed by atoms with Gasteiger partial charge in [0.2, 0.25) is 0 Å². The molecule has 0 aliphatic heterocycles. The first kappa shape index (κ1) is 8.40. The smallest absolute Gasteiger partial charge is 0.122 e. The van der Waals surface area contributed by atoms with E-state index in [9.17, 15) is 0 Å². The van der Waals surface area contributed by atoms with Crippen molar-refractivity contribution in [1.82, 2.24) is 10.2 Å². The number of nitrogens with two attached hydrogens (primary N) is 1. The van der Waals surface area contributed by atoms with Gasteiger partial charge in [0.15, 0.2) is 0 Å². The van der Waals surface area contributed by atoms with Crippen molar-refractivity contribution in [2.45, 2.75) is 0 Å². The second kappa shape index (κ2) is 3.27. The van der Waals surface area contributed by atoms with E-state index >= 15 is 0 Å². The van der Waals surface area contributed by atoms with Gasteiger partial charge in [0.1, 0.15) is 10.7 Å². The number of nitrogens with zero attached hydrogens (tertiary/aromatic N) is 1. The zero-order chi connectivity index (χ0) is 9.26. The molecule has 0 spiro atoms. The quantitative estimate of drug-likeness (QED) is 0.741. The van der Waals surface area contributed by atoms with E-state index in [4.69, 9.17) is 18.0 Å². The van der Waals surface area contributed by atoms with Gasteiger partial charge in [0.05, 0.1) is 6.20 Å². The molecule has 3 nitrogen and oxygen atoms in total. The molecular formula is C8H7N3S2. The minimum absolute atomic E-state index is 0.348. The highest BCUT2D eigenvalue weighted by Crippen LogP contribution is 2.26. The van der Waals surface area contributed by atoms with Crippen molar-refractivity contribution in [3.63, 3.8) is 0 Å². The van der Waals surface area contributed by atoms with Gasteiger partial charge in [-0.15, -0.1) is 11.3 Å².